The highest BCUT2D eigenvalue weighted by molar-refractivity contribution is 7.80. The minimum absolute atomic E-state index is 0.0197. The number of thiocarbonyl (C=S) groups is 1. The Labute approximate surface area is 169 Å². The summed E-state index contributed by atoms with van der Waals surface area (Å²) < 4.78 is 6.43. The van der Waals surface area contributed by atoms with Crippen molar-refractivity contribution in [2.24, 2.45) is 0 Å². The van der Waals surface area contributed by atoms with Gasteiger partial charge in [0.1, 0.15) is 11.5 Å². The van der Waals surface area contributed by atoms with Gasteiger partial charge < -0.3 is 20.5 Å². The molecule has 1 spiro atoms. The van der Waals surface area contributed by atoms with Gasteiger partial charge in [0.15, 0.2) is 10.8 Å². The number of benzene rings is 2. The summed E-state index contributed by atoms with van der Waals surface area (Å²) in [5.74, 6) is 0.741. The average molecular weight is 403 g/mol. The number of phenols is 1. The molecule has 6 heteroatoms. The van der Waals surface area contributed by atoms with E-state index < -0.39 is 5.72 Å². The highest BCUT2D eigenvalue weighted by Crippen LogP contribution is 2.49. The first-order valence-electron chi connectivity index (χ1n) is 9.05. The van der Waals surface area contributed by atoms with Gasteiger partial charge in [-0.15, -0.1) is 0 Å². The van der Waals surface area contributed by atoms with Crippen molar-refractivity contribution in [3.05, 3.63) is 58.1 Å². The lowest BCUT2D eigenvalue weighted by molar-refractivity contribution is -0.0128. The molecule has 0 aliphatic carbocycles. The van der Waals surface area contributed by atoms with Crippen molar-refractivity contribution in [1.82, 2.24) is 10.6 Å². The van der Waals surface area contributed by atoms with Gasteiger partial charge in [0.2, 0.25) is 0 Å². The quantitative estimate of drug-likeness (QED) is 0.608. The van der Waals surface area contributed by atoms with Crippen LogP contribution in [0.2, 0.25) is 5.02 Å². The third-order valence-corrected chi connectivity index (χ3v) is 5.77. The number of nitrogens with one attached hydrogen (secondary N) is 2. The van der Waals surface area contributed by atoms with Crippen LogP contribution < -0.4 is 15.4 Å². The van der Waals surface area contributed by atoms with Crippen LogP contribution in [-0.4, -0.2) is 21.5 Å². The normalized spacial score (nSPS) is 25.9. The number of aromatic hydroxyl groups is 1. The Morgan fingerprint density at radius 1 is 1.22 bits per heavy atom. The Bertz CT molecular complexity index is 930. The van der Waals surface area contributed by atoms with Crippen LogP contribution in [0.25, 0.3) is 0 Å². The fraction of sp³-hybridized carbons (Fsp3) is 0.381. The van der Waals surface area contributed by atoms with Crippen molar-refractivity contribution in [2.75, 3.05) is 0 Å². The molecule has 142 valence electrons. The molecule has 4 rings (SSSR count). The molecule has 3 N–H and O–H groups in total. The van der Waals surface area contributed by atoms with Gasteiger partial charge in [-0.2, -0.15) is 0 Å². The maximum Gasteiger partial charge on any atom is 0.185 e. The molecule has 0 amide bonds. The molecule has 1 saturated heterocycles. The number of fused-ring (bicyclic) bond motifs is 1. The number of aryl methyl sites for hydroxylation is 1. The van der Waals surface area contributed by atoms with Gasteiger partial charge in [0.25, 0.3) is 0 Å². The first-order valence-corrected chi connectivity index (χ1v) is 9.83. The number of halogens is 1. The van der Waals surface area contributed by atoms with E-state index in [0.29, 0.717) is 15.9 Å². The molecular formula is C21H23ClN2O2S. The highest BCUT2D eigenvalue weighted by Gasteiger charge is 2.48. The topological polar surface area (TPSA) is 53.5 Å². The van der Waals surface area contributed by atoms with Crippen molar-refractivity contribution >= 4 is 28.9 Å². The zero-order valence-corrected chi connectivity index (χ0v) is 17.2. The summed E-state index contributed by atoms with van der Waals surface area (Å²) in [5.41, 5.74) is 2.54. The lowest BCUT2D eigenvalue weighted by atomic mass is 9.77. The van der Waals surface area contributed by atoms with Gasteiger partial charge in [-0.3, -0.25) is 0 Å². The molecule has 2 heterocycles. The standard InChI is InChI=1S/C21H23ClN2O2S/c1-12-5-4-6-13(7-12)15-10-21(11-20(2,3)23-19(27)24-21)26-18-9-17(25)16(22)8-14(15)18/h4-9,15,25H,10-11H2,1-3H3,(H2,23,24,27)/t15-,21-/m1/s1. The van der Waals surface area contributed by atoms with E-state index in [4.69, 9.17) is 28.6 Å². The van der Waals surface area contributed by atoms with Crippen LogP contribution in [0.15, 0.2) is 36.4 Å². The summed E-state index contributed by atoms with van der Waals surface area (Å²) >= 11 is 11.7. The molecule has 4 nitrogen and oxygen atoms in total. The maximum atomic E-state index is 10.1. The Morgan fingerprint density at radius 2 is 2.00 bits per heavy atom. The summed E-state index contributed by atoms with van der Waals surface area (Å²) in [4.78, 5) is 0. The minimum atomic E-state index is -0.645. The number of phenolic OH excluding ortho intramolecular Hbond substituents is 1. The van der Waals surface area contributed by atoms with Crippen LogP contribution in [0.1, 0.15) is 49.3 Å². The van der Waals surface area contributed by atoms with E-state index in [0.717, 1.165) is 18.4 Å². The van der Waals surface area contributed by atoms with Crippen molar-refractivity contribution in [2.45, 2.75) is 50.8 Å². The lowest BCUT2D eigenvalue weighted by Gasteiger charge is -2.50. The largest absolute Gasteiger partial charge is 0.506 e. The van der Waals surface area contributed by atoms with Crippen LogP contribution in [0, 0.1) is 6.92 Å². The highest BCUT2D eigenvalue weighted by atomic mass is 35.5. The van der Waals surface area contributed by atoms with Gasteiger partial charge in [-0.05, 0) is 44.6 Å². The van der Waals surface area contributed by atoms with E-state index in [9.17, 15) is 5.11 Å². The van der Waals surface area contributed by atoms with Crippen molar-refractivity contribution < 1.29 is 9.84 Å². The molecule has 0 saturated carbocycles. The molecule has 2 aliphatic rings. The summed E-state index contributed by atoms with van der Waals surface area (Å²) in [6.45, 7) is 6.31. The Kier molecular flexibility index (Phi) is 4.28. The third kappa shape index (κ3) is 3.46. The second-order valence-electron chi connectivity index (χ2n) is 8.25. The van der Waals surface area contributed by atoms with Gasteiger partial charge in [0.05, 0.1) is 5.02 Å². The molecule has 0 aromatic heterocycles. The molecule has 2 aromatic carbocycles. The molecule has 1 fully saturated rings. The van der Waals surface area contributed by atoms with Crippen LogP contribution in [0.4, 0.5) is 0 Å². The van der Waals surface area contributed by atoms with E-state index in [1.165, 1.54) is 11.1 Å². The monoisotopic (exact) mass is 402 g/mol. The van der Waals surface area contributed by atoms with E-state index in [2.05, 4.69) is 55.7 Å². The van der Waals surface area contributed by atoms with Gasteiger partial charge >= 0.3 is 0 Å². The van der Waals surface area contributed by atoms with Gasteiger partial charge in [-0.25, -0.2) is 0 Å². The van der Waals surface area contributed by atoms with Crippen molar-refractivity contribution in [3.63, 3.8) is 0 Å². The molecule has 0 bridgehead atoms. The summed E-state index contributed by atoms with van der Waals surface area (Å²) in [5, 5.41) is 17.7. The van der Waals surface area contributed by atoms with E-state index in [1.54, 1.807) is 6.07 Å². The molecule has 2 atom stereocenters. The second-order valence-corrected chi connectivity index (χ2v) is 9.06. The zero-order chi connectivity index (χ0) is 19.4. The number of hydrogen-bond donors (Lipinski definition) is 3. The second kappa shape index (κ2) is 6.28. The van der Waals surface area contributed by atoms with Crippen molar-refractivity contribution in [3.8, 4) is 11.5 Å². The molecular weight excluding hydrogens is 380 g/mol. The zero-order valence-electron chi connectivity index (χ0n) is 15.6. The molecule has 2 aliphatic heterocycles. The molecule has 0 unspecified atom stereocenters. The van der Waals surface area contributed by atoms with Gasteiger partial charge in [0, 0.05) is 35.9 Å². The van der Waals surface area contributed by atoms with Gasteiger partial charge in [-0.1, -0.05) is 41.4 Å². The summed E-state index contributed by atoms with van der Waals surface area (Å²) in [6.07, 6.45) is 1.45. The number of rotatable bonds is 1. The Hall–Kier alpha value is -1.98. The molecule has 0 radical (unpaired) electrons. The summed E-state index contributed by atoms with van der Waals surface area (Å²) in [6, 6.07) is 11.9. The molecule has 27 heavy (non-hydrogen) atoms. The Balaban J connectivity index is 1.85. The first-order chi connectivity index (χ1) is 12.7. The minimum Gasteiger partial charge on any atom is -0.506 e. The lowest BCUT2D eigenvalue weighted by Crippen LogP contribution is -2.69. The maximum absolute atomic E-state index is 10.1. The fourth-order valence-electron chi connectivity index (χ4n) is 4.33. The predicted octanol–water partition coefficient (Wildman–Crippen LogP) is 4.61. The van der Waals surface area contributed by atoms with Crippen LogP contribution in [0.5, 0.6) is 11.5 Å². The summed E-state index contributed by atoms with van der Waals surface area (Å²) in [7, 11) is 0. The smallest absolute Gasteiger partial charge is 0.185 e. The number of ether oxygens (including phenoxy) is 1. The fourth-order valence-corrected chi connectivity index (χ4v) is 4.96. The van der Waals surface area contributed by atoms with E-state index >= 15 is 0 Å². The van der Waals surface area contributed by atoms with E-state index in [1.807, 2.05) is 6.07 Å². The van der Waals surface area contributed by atoms with E-state index in [-0.39, 0.29) is 17.2 Å². The number of hydrogen-bond acceptors (Lipinski definition) is 3. The SMILES string of the molecule is Cc1cccc([C@H]2C[C@]3(CC(C)(C)NC(=S)N3)Oc3cc(O)c(Cl)cc32)c1. The third-order valence-electron chi connectivity index (χ3n) is 5.26. The first kappa shape index (κ1) is 18.4. The average Bonchev–Trinajstić information content (AvgIpc) is 2.54. The predicted molar refractivity (Wildman–Crippen MR) is 112 cm³/mol. The van der Waals surface area contributed by atoms with Crippen molar-refractivity contribution in [1.29, 1.82) is 0 Å². The molecule has 2 aromatic rings. The van der Waals surface area contributed by atoms with Crippen LogP contribution >= 0.6 is 23.8 Å². The Morgan fingerprint density at radius 3 is 2.70 bits per heavy atom. The van der Waals surface area contributed by atoms with Crippen LogP contribution in [0.3, 0.4) is 0 Å². The van der Waals surface area contributed by atoms with Crippen LogP contribution in [-0.2, 0) is 0 Å².